The Balaban J connectivity index is 2.39. The van der Waals surface area contributed by atoms with E-state index in [-0.39, 0.29) is 0 Å². The van der Waals surface area contributed by atoms with E-state index in [0.29, 0.717) is 0 Å². The summed E-state index contributed by atoms with van der Waals surface area (Å²) in [5.74, 6) is 1.06. The van der Waals surface area contributed by atoms with Crippen molar-refractivity contribution in [3.63, 3.8) is 0 Å². The van der Waals surface area contributed by atoms with Crippen molar-refractivity contribution in [3.8, 4) is 0 Å². The molecule has 0 saturated carbocycles. The Kier molecular flexibility index (Phi) is 5.52. The molecule has 78 valence electrons. The third-order valence-electron chi connectivity index (χ3n) is 1.76. The van der Waals surface area contributed by atoms with Gasteiger partial charge in [-0.15, -0.1) is 11.8 Å². The number of rotatable bonds is 5. The van der Waals surface area contributed by atoms with E-state index in [4.69, 9.17) is 4.74 Å². The van der Waals surface area contributed by atoms with Crippen LogP contribution in [0.3, 0.4) is 0 Å². The van der Waals surface area contributed by atoms with E-state index in [1.54, 1.807) is 18.9 Å². The van der Waals surface area contributed by atoms with Crippen molar-refractivity contribution in [1.29, 1.82) is 0 Å². The zero-order valence-corrected chi connectivity index (χ0v) is 10.8. The summed E-state index contributed by atoms with van der Waals surface area (Å²) in [6, 6.07) is 2.10. The van der Waals surface area contributed by atoms with Gasteiger partial charge in [-0.1, -0.05) is 0 Å². The normalized spacial score (nSPS) is 10.5. The number of hydrogen-bond acceptors (Lipinski definition) is 3. The molecule has 0 aromatic carbocycles. The van der Waals surface area contributed by atoms with Crippen LogP contribution in [0.5, 0.6) is 0 Å². The maximum Gasteiger partial charge on any atom is 0.0963 e. The second kappa shape index (κ2) is 6.43. The van der Waals surface area contributed by atoms with Crippen molar-refractivity contribution in [2.24, 2.45) is 0 Å². The molecule has 0 bridgehead atoms. The van der Waals surface area contributed by atoms with Crippen LogP contribution in [0.1, 0.15) is 12.0 Å². The average molecular weight is 276 g/mol. The van der Waals surface area contributed by atoms with E-state index in [1.807, 2.05) is 6.20 Å². The number of aromatic nitrogens is 1. The first-order valence-electron chi connectivity index (χ1n) is 4.48. The topological polar surface area (TPSA) is 22.1 Å². The van der Waals surface area contributed by atoms with Gasteiger partial charge in [0.1, 0.15) is 0 Å². The Morgan fingerprint density at radius 1 is 1.57 bits per heavy atom. The second-order valence-electron chi connectivity index (χ2n) is 2.97. The minimum Gasteiger partial charge on any atom is -0.385 e. The number of thioether (sulfide) groups is 1. The van der Waals surface area contributed by atoms with Crippen LogP contribution < -0.4 is 0 Å². The molecule has 1 rings (SSSR count). The molecule has 4 heteroatoms. The molecule has 0 aliphatic rings. The van der Waals surface area contributed by atoms with E-state index in [9.17, 15) is 0 Å². The number of pyridine rings is 1. The first kappa shape index (κ1) is 12.0. The van der Waals surface area contributed by atoms with Crippen LogP contribution in [-0.4, -0.2) is 24.5 Å². The molecule has 14 heavy (non-hydrogen) atoms. The predicted octanol–water partition coefficient (Wildman–Crippen LogP) is 3.28. The van der Waals surface area contributed by atoms with Crippen molar-refractivity contribution >= 4 is 27.7 Å². The van der Waals surface area contributed by atoms with Gasteiger partial charge in [0.25, 0.3) is 0 Å². The monoisotopic (exact) mass is 275 g/mol. The second-order valence-corrected chi connectivity index (χ2v) is 4.94. The molecule has 0 atom stereocenters. The highest BCUT2D eigenvalue weighted by Crippen LogP contribution is 2.21. The van der Waals surface area contributed by atoms with Crippen LogP contribution in [0.4, 0.5) is 0 Å². The van der Waals surface area contributed by atoms with Gasteiger partial charge in [-0.05, 0) is 40.9 Å². The van der Waals surface area contributed by atoms with E-state index in [1.165, 1.54) is 5.56 Å². The lowest BCUT2D eigenvalue weighted by atomic mass is 10.3. The lowest BCUT2D eigenvalue weighted by Crippen LogP contribution is -1.91. The largest absolute Gasteiger partial charge is 0.385 e. The molecule has 0 radical (unpaired) electrons. The number of ether oxygens (including phenoxy) is 1. The molecule has 1 aromatic rings. The van der Waals surface area contributed by atoms with Gasteiger partial charge < -0.3 is 4.74 Å². The molecular formula is C10H14BrNOS. The Morgan fingerprint density at radius 3 is 3.00 bits per heavy atom. The molecule has 0 unspecified atom stereocenters. The number of nitrogens with zero attached hydrogens (tertiary/aromatic N) is 1. The number of aryl methyl sites for hydroxylation is 1. The lowest BCUT2D eigenvalue weighted by Gasteiger charge is -2.02. The summed E-state index contributed by atoms with van der Waals surface area (Å²) in [5.41, 5.74) is 1.23. The summed E-state index contributed by atoms with van der Waals surface area (Å²) in [6.07, 6.45) is 2.92. The first-order valence-corrected chi connectivity index (χ1v) is 6.26. The highest BCUT2D eigenvalue weighted by Gasteiger charge is 1.99. The first-order chi connectivity index (χ1) is 6.74. The molecule has 1 heterocycles. The zero-order chi connectivity index (χ0) is 10.4. The molecule has 0 aliphatic carbocycles. The van der Waals surface area contributed by atoms with Crippen LogP contribution in [0.25, 0.3) is 0 Å². The molecule has 0 fully saturated rings. The summed E-state index contributed by atoms with van der Waals surface area (Å²) in [5, 5.41) is 1.09. The van der Waals surface area contributed by atoms with Gasteiger partial charge >= 0.3 is 0 Å². The van der Waals surface area contributed by atoms with Gasteiger partial charge in [-0.2, -0.15) is 0 Å². The van der Waals surface area contributed by atoms with Gasteiger partial charge in [0.2, 0.25) is 0 Å². The maximum atomic E-state index is 4.98. The highest BCUT2D eigenvalue weighted by atomic mass is 79.9. The van der Waals surface area contributed by atoms with E-state index in [2.05, 4.69) is 33.9 Å². The van der Waals surface area contributed by atoms with Gasteiger partial charge in [-0.3, -0.25) is 0 Å². The van der Waals surface area contributed by atoms with Crippen LogP contribution in [0.2, 0.25) is 0 Å². The molecular weight excluding hydrogens is 262 g/mol. The fourth-order valence-corrected chi connectivity index (χ4v) is 2.05. The quantitative estimate of drug-likeness (QED) is 0.608. The van der Waals surface area contributed by atoms with Crippen LogP contribution in [0.15, 0.2) is 21.8 Å². The highest BCUT2D eigenvalue weighted by molar-refractivity contribution is 9.10. The summed E-state index contributed by atoms with van der Waals surface area (Å²) in [4.78, 5) is 4.31. The summed E-state index contributed by atoms with van der Waals surface area (Å²) < 4.78 is 6.05. The number of hydrogen-bond donors (Lipinski definition) is 0. The van der Waals surface area contributed by atoms with Gasteiger partial charge in [0.05, 0.1) is 5.03 Å². The van der Waals surface area contributed by atoms with E-state index in [0.717, 1.165) is 28.3 Å². The number of methoxy groups -OCH3 is 1. The van der Waals surface area contributed by atoms with Crippen molar-refractivity contribution in [1.82, 2.24) is 4.98 Å². The molecule has 0 amide bonds. The molecule has 0 saturated heterocycles. The SMILES string of the molecule is COCCCSc1cc(C)c(Br)cn1. The lowest BCUT2D eigenvalue weighted by molar-refractivity contribution is 0.200. The summed E-state index contributed by atoms with van der Waals surface area (Å²) in [6.45, 7) is 2.90. The molecule has 0 aliphatic heterocycles. The molecule has 1 aromatic heterocycles. The maximum absolute atomic E-state index is 4.98. The Labute approximate surface area is 97.6 Å². The third-order valence-corrected chi connectivity index (χ3v) is 3.61. The summed E-state index contributed by atoms with van der Waals surface area (Å²) in [7, 11) is 1.73. The molecule has 0 spiro atoms. The van der Waals surface area contributed by atoms with Crippen LogP contribution in [-0.2, 0) is 4.74 Å². The minimum absolute atomic E-state index is 0.822. The van der Waals surface area contributed by atoms with Crippen molar-refractivity contribution in [3.05, 3.63) is 22.3 Å². The Hall–Kier alpha value is -0.0600. The van der Waals surface area contributed by atoms with Gasteiger partial charge in [0, 0.05) is 30.1 Å². The van der Waals surface area contributed by atoms with Crippen molar-refractivity contribution in [2.75, 3.05) is 19.5 Å². The third kappa shape index (κ3) is 3.98. The Morgan fingerprint density at radius 2 is 2.36 bits per heavy atom. The molecule has 2 nitrogen and oxygen atoms in total. The van der Waals surface area contributed by atoms with Crippen molar-refractivity contribution < 1.29 is 4.74 Å². The van der Waals surface area contributed by atoms with Gasteiger partial charge in [0.15, 0.2) is 0 Å². The standard InChI is InChI=1S/C10H14BrNOS/c1-8-6-10(12-7-9(8)11)14-5-3-4-13-2/h6-7H,3-5H2,1-2H3. The fraction of sp³-hybridized carbons (Fsp3) is 0.500. The fourth-order valence-electron chi connectivity index (χ4n) is 0.972. The van der Waals surface area contributed by atoms with Crippen molar-refractivity contribution in [2.45, 2.75) is 18.4 Å². The molecule has 0 N–H and O–H groups in total. The van der Waals surface area contributed by atoms with Gasteiger partial charge in [-0.25, -0.2) is 4.98 Å². The minimum atomic E-state index is 0.822. The predicted molar refractivity (Wildman–Crippen MR) is 63.9 cm³/mol. The Bertz CT molecular complexity index is 293. The summed E-state index contributed by atoms with van der Waals surface area (Å²) >= 11 is 5.20. The van der Waals surface area contributed by atoms with Crippen LogP contribution >= 0.6 is 27.7 Å². The number of halogens is 1. The zero-order valence-electron chi connectivity index (χ0n) is 8.42. The van der Waals surface area contributed by atoms with E-state index < -0.39 is 0 Å². The van der Waals surface area contributed by atoms with Crippen LogP contribution in [0, 0.1) is 6.92 Å². The smallest absolute Gasteiger partial charge is 0.0963 e. The average Bonchev–Trinajstić information content (AvgIpc) is 2.18. The van der Waals surface area contributed by atoms with E-state index >= 15 is 0 Å².